The molecule has 1 fully saturated rings. The van der Waals surface area contributed by atoms with E-state index in [1.54, 1.807) is 26.0 Å². The number of hydrogen-bond acceptors (Lipinski definition) is 4. The molecule has 3 N–H and O–H groups in total. The lowest BCUT2D eigenvalue weighted by atomic mass is 9.87. The number of amides is 1. The van der Waals surface area contributed by atoms with E-state index in [1.165, 1.54) is 5.56 Å². The summed E-state index contributed by atoms with van der Waals surface area (Å²) in [5, 5.41) is 22.7. The summed E-state index contributed by atoms with van der Waals surface area (Å²) in [6.07, 6.45) is 16.9. The first-order valence-electron chi connectivity index (χ1n) is 13.3. The molecule has 1 aromatic carbocycles. The van der Waals surface area contributed by atoms with E-state index in [1.807, 2.05) is 57.2 Å². The van der Waals surface area contributed by atoms with Crippen molar-refractivity contribution in [3.63, 3.8) is 0 Å². The van der Waals surface area contributed by atoms with E-state index in [0.717, 1.165) is 18.4 Å². The summed E-state index contributed by atoms with van der Waals surface area (Å²) in [5.74, 6) is 0.190. The van der Waals surface area contributed by atoms with Gasteiger partial charge in [-0.25, -0.2) is 0 Å². The van der Waals surface area contributed by atoms with E-state index < -0.39 is 6.10 Å². The van der Waals surface area contributed by atoms with Crippen molar-refractivity contribution in [3.8, 4) is 0 Å². The van der Waals surface area contributed by atoms with Crippen LogP contribution >= 0.6 is 0 Å². The predicted octanol–water partition coefficient (Wildman–Crippen LogP) is 5.47. The Labute approximate surface area is 223 Å². The van der Waals surface area contributed by atoms with Crippen LogP contribution < -0.4 is 5.32 Å². The predicted molar refractivity (Wildman–Crippen MR) is 152 cm³/mol. The smallest absolute Gasteiger partial charge is 0.247 e. The first-order valence-corrected chi connectivity index (χ1v) is 13.3. The van der Waals surface area contributed by atoms with Gasteiger partial charge in [0, 0.05) is 17.5 Å². The summed E-state index contributed by atoms with van der Waals surface area (Å²) < 4.78 is 5.98. The largest absolute Gasteiger partial charge is 0.394 e. The zero-order valence-electron chi connectivity index (χ0n) is 23.2. The highest BCUT2D eigenvalue weighted by Gasteiger charge is 2.54. The molecule has 202 valence electrons. The van der Waals surface area contributed by atoms with Crippen molar-refractivity contribution in [1.82, 2.24) is 5.32 Å². The molecule has 1 heterocycles. The Balaban J connectivity index is 1.80. The second-order valence-corrected chi connectivity index (χ2v) is 10.5. The lowest BCUT2D eigenvalue weighted by Crippen LogP contribution is -2.35. The minimum Gasteiger partial charge on any atom is -0.394 e. The lowest BCUT2D eigenvalue weighted by molar-refractivity contribution is -0.118. The molecule has 2 unspecified atom stereocenters. The average Bonchev–Trinajstić information content (AvgIpc) is 3.57. The van der Waals surface area contributed by atoms with Crippen LogP contribution in [0.2, 0.25) is 0 Å². The van der Waals surface area contributed by atoms with Gasteiger partial charge >= 0.3 is 0 Å². The molecule has 0 saturated carbocycles. The van der Waals surface area contributed by atoms with Crippen LogP contribution in [0.25, 0.3) is 0 Å². The van der Waals surface area contributed by atoms with Gasteiger partial charge in [0.05, 0.1) is 18.8 Å². The highest BCUT2D eigenvalue weighted by atomic mass is 16.6. The summed E-state index contributed by atoms with van der Waals surface area (Å²) in [6.45, 7) is 11.7. The van der Waals surface area contributed by atoms with Gasteiger partial charge < -0.3 is 20.3 Å². The number of allylic oxidation sites excluding steroid dienone is 7. The summed E-state index contributed by atoms with van der Waals surface area (Å²) in [7, 11) is 0. The highest BCUT2D eigenvalue weighted by Crippen LogP contribution is 2.44. The van der Waals surface area contributed by atoms with E-state index in [2.05, 4.69) is 42.6 Å². The van der Waals surface area contributed by atoms with Crippen molar-refractivity contribution < 1.29 is 19.7 Å². The maximum absolute atomic E-state index is 11.9. The maximum Gasteiger partial charge on any atom is 0.247 e. The number of aliphatic hydroxyl groups excluding tert-OH is 2. The number of nitrogens with one attached hydrogen (secondary N) is 1. The van der Waals surface area contributed by atoms with E-state index in [9.17, 15) is 9.90 Å². The topological polar surface area (TPSA) is 82.1 Å². The SMILES string of the molecule is C\C(=C/C=C/C=C/C=C/C1(C)OC1[C@@H](C)[C@@H](O)/C(C)=C/[C@@H](C)CCc1ccccc1)C(=O)N[C@@H](C)CO. The van der Waals surface area contributed by atoms with Crippen LogP contribution in [-0.4, -0.2) is 46.6 Å². The molecule has 0 bridgehead atoms. The average molecular weight is 508 g/mol. The molecule has 1 aliphatic rings. The molecule has 1 saturated heterocycles. The van der Waals surface area contributed by atoms with Gasteiger partial charge in [-0.2, -0.15) is 0 Å². The van der Waals surface area contributed by atoms with Crippen LogP contribution in [0, 0.1) is 11.8 Å². The Kier molecular flexibility index (Phi) is 12.3. The molecule has 0 aromatic heterocycles. The van der Waals surface area contributed by atoms with Crippen molar-refractivity contribution in [2.75, 3.05) is 6.61 Å². The summed E-state index contributed by atoms with van der Waals surface area (Å²) in [5.41, 5.74) is 2.54. The molecule has 5 heteroatoms. The Hall–Kier alpha value is -2.73. The van der Waals surface area contributed by atoms with E-state index in [4.69, 9.17) is 9.84 Å². The molecule has 37 heavy (non-hydrogen) atoms. The molecule has 5 nitrogen and oxygen atoms in total. The third kappa shape index (κ3) is 10.3. The number of rotatable bonds is 14. The quantitative estimate of drug-likeness (QED) is 0.135. The minimum atomic E-state index is -0.537. The normalized spacial score (nSPS) is 23.9. The van der Waals surface area contributed by atoms with Crippen LogP contribution in [0.5, 0.6) is 0 Å². The fourth-order valence-electron chi connectivity index (χ4n) is 4.35. The lowest BCUT2D eigenvalue weighted by Gasteiger charge is -2.20. The van der Waals surface area contributed by atoms with E-state index >= 15 is 0 Å². The van der Waals surface area contributed by atoms with Crippen LogP contribution in [0.3, 0.4) is 0 Å². The minimum absolute atomic E-state index is 0.0103. The summed E-state index contributed by atoms with van der Waals surface area (Å²) in [4.78, 5) is 11.9. The van der Waals surface area contributed by atoms with Gasteiger partial charge in [-0.15, -0.1) is 0 Å². The summed E-state index contributed by atoms with van der Waals surface area (Å²) >= 11 is 0. The first-order chi connectivity index (χ1) is 17.6. The van der Waals surface area contributed by atoms with Crippen molar-refractivity contribution in [2.24, 2.45) is 11.8 Å². The number of aryl methyl sites for hydroxylation is 1. The number of hydrogen-bond donors (Lipinski definition) is 3. The molecule has 1 amide bonds. The second kappa shape index (κ2) is 14.9. The molecular weight excluding hydrogens is 462 g/mol. The van der Waals surface area contributed by atoms with Gasteiger partial charge in [0.1, 0.15) is 5.60 Å². The van der Waals surface area contributed by atoms with Crippen molar-refractivity contribution in [1.29, 1.82) is 0 Å². The first kappa shape index (κ1) is 30.5. The molecule has 0 aliphatic carbocycles. The molecule has 2 rings (SSSR count). The Morgan fingerprint density at radius 1 is 1.08 bits per heavy atom. The Morgan fingerprint density at radius 3 is 2.41 bits per heavy atom. The van der Waals surface area contributed by atoms with E-state index in [0.29, 0.717) is 11.5 Å². The number of benzene rings is 1. The number of epoxide rings is 1. The monoisotopic (exact) mass is 507 g/mol. The Morgan fingerprint density at radius 2 is 1.73 bits per heavy atom. The van der Waals surface area contributed by atoms with Gasteiger partial charge in [-0.1, -0.05) is 92.8 Å². The molecular formula is C32H45NO4. The number of ether oxygens (including phenoxy) is 1. The second-order valence-electron chi connectivity index (χ2n) is 10.5. The summed E-state index contributed by atoms with van der Waals surface area (Å²) in [6, 6.07) is 10.2. The molecule has 0 spiro atoms. The third-order valence-electron chi connectivity index (χ3n) is 6.84. The number of carbonyl (C=O) groups is 1. The number of carbonyl (C=O) groups excluding carboxylic acids is 1. The zero-order valence-corrected chi connectivity index (χ0v) is 23.2. The van der Waals surface area contributed by atoms with Gasteiger partial charge in [-0.3, -0.25) is 4.79 Å². The van der Waals surface area contributed by atoms with Gasteiger partial charge in [-0.05, 0) is 57.6 Å². The standard InChI is InChI=1S/C32H45NO4/c1-23(18-19-28-16-12-10-13-17-28)21-25(3)29(35)27(5)30-32(6,37-30)20-14-9-7-8-11-15-24(2)31(36)33-26(4)22-34/h7-17,20-21,23,26-27,29-30,34-35H,18-19,22H2,1-6H3,(H,33,36)/b9-7+,11-8+,20-14+,24-15+,25-21+/t23-,26-,27-,29-,30?,32?/m0/s1. The van der Waals surface area contributed by atoms with Crippen LogP contribution in [0.1, 0.15) is 53.5 Å². The fraction of sp³-hybridized carbons (Fsp3) is 0.469. The molecule has 1 aliphatic heterocycles. The van der Waals surface area contributed by atoms with Gasteiger partial charge in [0.2, 0.25) is 5.91 Å². The molecule has 1 aromatic rings. The zero-order chi connectivity index (χ0) is 27.4. The van der Waals surface area contributed by atoms with Gasteiger partial charge in [0.25, 0.3) is 0 Å². The van der Waals surface area contributed by atoms with Crippen molar-refractivity contribution >= 4 is 5.91 Å². The Bertz CT molecular complexity index is 1010. The van der Waals surface area contributed by atoms with Crippen LogP contribution in [0.15, 0.2) is 90.1 Å². The maximum atomic E-state index is 11.9. The number of aliphatic hydroxyl groups is 2. The third-order valence-corrected chi connectivity index (χ3v) is 6.84. The van der Waals surface area contributed by atoms with Gasteiger partial charge in [0.15, 0.2) is 0 Å². The molecule has 0 radical (unpaired) electrons. The van der Waals surface area contributed by atoms with Crippen LogP contribution in [-0.2, 0) is 16.0 Å². The van der Waals surface area contributed by atoms with Crippen LogP contribution in [0.4, 0.5) is 0 Å². The van der Waals surface area contributed by atoms with Crippen molar-refractivity contribution in [3.05, 3.63) is 95.6 Å². The van der Waals surface area contributed by atoms with E-state index in [-0.39, 0.29) is 36.2 Å². The fourth-order valence-corrected chi connectivity index (χ4v) is 4.35. The highest BCUT2D eigenvalue weighted by molar-refractivity contribution is 5.93. The molecule has 6 atom stereocenters. The van der Waals surface area contributed by atoms with Crippen molar-refractivity contribution in [2.45, 2.75) is 78.2 Å².